The smallest absolute Gasteiger partial charge is 0.309 e. The van der Waals surface area contributed by atoms with Gasteiger partial charge >= 0.3 is 5.97 Å². The van der Waals surface area contributed by atoms with Crippen LogP contribution >= 0.6 is 0 Å². The lowest BCUT2D eigenvalue weighted by molar-refractivity contribution is -0.144. The number of aliphatic carboxylic acids is 1. The maximum absolute atomic E-state index is 13.1. The van der Waals surface area contributed by atoms with Crippen molar-refractivity contribution in [1.82, 2.24) is 0 Å². The predicted octanol–water partition coefficient (Wildman–Crippen LogP) is 0.234. The van der Waals surface area contributed by atoms with Crippen LogP contribution in [0, 0.1) is 5.92 Å². The van der Waals surface area contributed by atoms with Crippen LogP contribution in [0.3, 0.4) is 0 Å². The van der Waals surface area contributed by atoms with E-state index in [0.717, 1.165) is 0 Å². The summed E-state index contributed by atoms with van der Waals surface area (Å²) in [6, 6.07) is 0. The van der Waals surface area contributed by atoms with Crippen molar-refractivity contribution in [3.63, 3.8) is 0 Å². The van der Waals surface area contributed by atoms with Crippen molar-refractivity contribution in [1.29, 1.82) is 0 Å². The summed E-state index contributed by atoms with van der Waals surface area (Å²) in [6.07, 6.45) is -1.84. The fourth-order valence-corrected chi connectivity index (χ4v) is 2.76. The second kappa shape index (κ2) is 3.61. The van der Waals surface area contributed by atoms with E-state index < -0.39 is 27.9 Å². The van der Waals surface area contributed by atoms with Crippen LogP contribution in [-0.4, -0.2) is 37.2 Å². The van der Waals surface area contributed by atoms with E-state index in [2.05, 4.69) is 0 Å². The Morgan fingerprint density at radius 3 is 2.38 bits per heavy atom. The molecule has 0 aromatic rings. The summed E-state index contributed by atoms with van der Waals surface area (Å²) in [5, 5.41) is 8.57. The summed E-state index contributed by atoms with van der Waals surface area (Å²) in [5.41, 5.74) is 0. The van der Waals surface area contributed by atoms with Crippen LogP contribution in [0.2, 0.25) is 0 Å². The van der Waals surface area contributed by atoms with Gasteiger partial charge in [-0.2, -0.15) is 0 Å². The topological polar surface area (TPSA) is 71.4 Å². The molecule has 1 fully saturated rings. The Labute approximate surface area is 75.7 Å². The molecule has 1 N–H and O–H groups in total. The predicted molar refractivity (Wildman–Crippen MR) is 43.9 cm³/mol. The van der Waals surface area contributed by atoms with Gasteiger partial charge in [0.25, 0.3) is 0 Å². The second-order valence-corrected chi connectivity index (χ2v) is 5.49. The third-order valence-electron chi connectivity index (χ3n) is 2.20. The van der Waals surface area contributed by atoms with Gasteiger partial charge in [-0.1, -0.05) is 0 Å². The van der Waals surface area contributed by atoms with Crippen molar-refractivity contribution in [2.45, 2.75) is 19.0 Å². The molecule has 13 heavy (non-hydrogen) atoms. The molecule has 0 saturated carbocycles. The first kappa shape index (κ1) is 10.4. The molecule has 1 saturated heterocycles. The fraction of sp³-hybridized carbons (Fsp3) is 0.857. The van der Waals surface area contributed by atoms with Crippen molar-refractivity contribution >= 4 is 15.8 Å². The number of halogens is 1. The number of hydrogen-bond acceptors (Lipinski definition) is 3. The third kappa shape index (κ3) is 2.65. The number of rotatable bonds is 1. The minimum absolute atomic E-state index is 0.112. The zero-order valence-electron chi connectivity index (χ0n) is 6.94. The van der Waals surface area contributed by atoms with E-state index in [4.69, 9.17) is 5.11 Å². The average molecular weight is 210 g/mol. The maximum atomic E-state index is 13.1. The highest BCUT2D eigenvalue weighted by Crippen LogP contribution is 2.22. The molecule has 4 nitrogen and oxygen atoms in total. The molecule has 0 aliphatic carbocycles. The van der Waals surface area contributed by atoms with E-state index in [1.807, 2.05) is 0 Å². The number of hydrogen-bond donors (Lipinski definition) is 1. The number of carboxylic acid groups (broad SMARTS) is 1. The lowest BCUT2D eigenvalue weighted by atomic mass is 9.99. The zero-order chi connectivity index (χ0) is 10.1. The number of carboxylic acids is 1. The monoisotopic (exact) mass is 210 g/mol. The molecule has 1 heterocycles. The summed E-state index contributed by atoms with van der Waals surface area (Å²) in [4.78, 5) is 10.5. The van der Waals surface area contributed by atoms with Crippen LogP contribution in [0.5, 0.6) is 0 Å². The Morgan fingerprint density at radius 2 is 1.85 bits per heavy atom. The molecule has 2 atom stereocenters. The molecule has 6 heteroatoms. The zero-order valence-corrected chi connectivity index (χ0v) is 7.76. The molecule has 0 spiro atoms. The molecular formula is C7H11FO4S. The summed E-state index contributed by atoms with van der Waals surface area (Å²) in [5.74, 6) is -2.86. The number of alkyl halides is 1. The van der Waals surface area contributed by atoms with E-state index in [1.165, 1.54) is 0 Å². The van der Waals surface area contributed by atoms with Crippen molar-refractivity contribution < 1.29 is 22.7 Å². The normalized spacial score (nSPS) is 33.6. The van der Waals surface area contributed by atoms with Gasteiger partial charge in [0.2, 0.25) is 0 Å². The highest BCUT2D eigenvalue weighted by Gasteiger charge is 2.33. The Kier molecular flexibility index (Phi) is 2.90. The van der Waals surface area contributed by atoms with Gasteiger partial charge in [0, 0.05) is 0 Å². The third-order valence-corrected chi connectivity index (χ3v) is 3.91. The van der Waals surface area contributed by atoms with Crippen LogP contribution in [0.1, 0.15) is 12.8 Å². The first-order valence-electron chi connectivity index (χ1n) is 4.00. The molecule has 76 valence electrons. The van der Waals surface area contributed by atoms with Crippen molar-refractivity contribution in [2.24, 2.45) is 5.92 Å². The molecule has 0 aromatic heterocycles. The summed E-state index contributed by atoms with van der Waals surface area (Å²) in [7, 11) is -3.22. The van der Waals surface area contributed by atoms with E-state index in [9.17, 15) is 17.6 Å². The van der Waals surface area contributed by atoms with Gasteiger partial charge in [0.15, 0.2) is 0 Å². The highest BCUT2D eigenvalue weighted by molar-refractivity contribution is 7.91. The first-order chi connectivity index (χ1) is 5.92. The van der Waals surface area contributed by atoms with Gasteiger partial charge in [0.1, 0.15) is 16.0 Å². The molecule has 1 rings (SSSR count). The molecule has 0 amide bonds. The lowest BCUT2D eigenvalue weighted by Crippen LogP contribution is -2.24. The Hall–Kier alpha value is -0.650. The van der Waals surface area contributed by atoms with Crippen LogP contribution in [0.15, 0.2) is 0 Å². The molecule has 0 unspecified atom stereocenters. The second-order valence-electron chi connectivity index (χ2n) is 3.19. The van der Waals surface area contributed by atoms with Gasteiger partial charge < -0.3 is 5.11 Å². The molecule has 0 aromatic carbocycles. The highest BCUT2D eigenvalue weighted by atomic mass is 32.2. The number of carbonyl (C=O) groups is 1. The molecule has 0 radical (unpaired) electrons. The van der Waals surface area contributed by atoms with Crippen LogP contribution in [0.25, 0.3) is 0 Å². The van der Waals surface area contributed by atoms with Gasteiger partial charge in [-0.3, -0.25) is 4.79 Å². The van der Waals surface area contributed by atoms with E-state index in [1.54, 1.807) is 0 Å². The first-order valence-corrected chi connectivity index (χ1v) is 5.82. The molecule has 0 bridgehead atoms. The van der Waals surface area contributed by atoms with E-state index in [0.29, 0.717) is 0 Å². The van der Waals surface area contributed by atoms with Gasteiger partial charge in [-0.15, -0.1) is 0 Å². The summed E-state index contributed by atoms with van der Waals surface area (Å²) >= 11 is 0. The Morgan fingerprint density at radius 1 is 1.31 bits per heavy atom. The molecular weight excluding hydrogens is 199 g/mol. The lowest BCUT2D eigenvalue weighted by Gasteiger charge is -2.11. The van der Waals surface area contributed by atoms with Crippen LogP contribution < -0.4 is 0 Å². The minimum atomic E-state index is -3.22. The summed E-state index contributed by atoms with van der Waals surface area (Å²) in [6.45, 7) is 0. The maximum Gasteiger partial charge on any atom is 0.309 e. The quantitative estimate of drug-likeness (QED) is 0.672. The Balaban J connectivity index is 2.76. The standard InChI is InChI=1S/C7H11FO4S/c8-6-2-4-13(11,12)3-1-5(6)7(9)10/h5-6H,1-4H2,(H,9,10)/t5-,6-/m1/s1. The largest absolute Gasteiger partial charge is 0.481 e. The van der Waals surface area contributed by atoms with Crippen molar-refractivity contribution in [3.8, 4) is 0 Å². The van der Waals surface area contributed by atoms with E-state index in [-0.39, 0.29) is 24.3 Å². The van der Waals surface area contributed by atoms with E-state index >= 15 is 0 Å². The molecule has 1 aliphatic heterocycles. The van der Waals surface area contributed by atoms with Crippen molar-refractivity contribution in [3.05, 3.63) is 0 Å². The van der Waals surface area contributed by atoms with Gasteiger partial charge in [-0.25, -0.2) is 12.8 Å². The van der Waals surface area contributed by atoms with Gasteiger partial charge in [0.05, 0.1) is 17.4 Å². The summed E-state index contributed by atoms with van der Waals surface area (Å²) < 4.78 is 35.1. The average Bonchev–Trinajstić information content (AvgIpc) is 2.11. The Bertz CT molecular complexity index is 298. The fourth-order valence-electron chi connectivity index (χ4n) is 1.36. The van der Waals surface area contributed by atoms with Gasteiger partial charge in [-0.05, 0) is 12.8 Å². The minimum Gasteiger partial charge on any atom is -0.481 e. The van der Waals surface area contributed by atoms with Crippen molar-refractivity contribution in [2.75, 3.05) is 11.5 Å². The van der Waals surface area contributed by atoms with Crippen LogP contribution in [0.4, 0.5) is 4.39 Å². The SMILES string of the molecule is O=C(O)[C@@H]1CCS(=O)(=O)CC[C@H]1F. The number of sulfone groups is 1. The van der Waals surface area contributed by atoms with Crippen LogP contribution in [-0.2, 0) is 14.6 Å². The molecule has 1 aliphatic rings.